The quantitative estimate of drug-likeness (QED) is 0.632. The van der Waals surface area contributed by atoms with Crippen LogP contribution in [0.5, 0.6) is 0 Å². The molecular weight excluding hydrogens is 228 g/mol. The third kappa shape index (κ3) is 2.08. The summed E-state index contributed by atoms with van der Waals surface area (Å²) in [5, 5.41) is 0. The van der Waals surface area contributed by atoms with E-state index in [1.54, 1.807) is 7.11 Å². The molecule has 0 amide bonds. The van der Waals surface area contributed by atoms with Gasteiger partial charge in [-0.2, -0.15) is 0 Å². The second-order valence-electron chi connectivity index (χ2n) is 4.87. The van der Waals surface area contributed by atoms with Gasteiger partial charge in [-0.25, -0.2) is 15.8 Å². The van der Waals surface area contributed by atoms with E-state index in [9.17, 15) is 0 Å². The first-order valence-corrected chi connectivity index (χ1v) is 6.56. The topological polar surface area (TPSA) is 73.1 Å². The molecule has 1 aromatic rings. The van der Waals surface area contributed by atoms with Crippen molar-refractivity contribution in [3.8, 4) is 0 Å². The second-order valence-corrected chi connectivity index (χ2v) is 4.87. The van der Waals surface area contributed by atoms with E-state index < -0.39 is 0 Å². The van der Waals surface area contributed by atoms with Gasteiger partial charge in [-0.15, -0.1) is 0 Å². The lowest BCUT2D eigenvalue weighted by molar-refractivity contribution is -0.0163. The Kier molecular flexibility index (Phi) is 3.82. The number of nitrogens with zero attached hydrogens (tertiary/aromatic N) is 2. The van der Waals surface area contributed by atoms with Gasteiger partial charge in [0.15, 0.2) is 5.82 Å². The van der Waals surface area contributed by atoms with Crippen molar-refractivity contribution in [2.75, 3.05) is 12.5 Å². The van der Waals surface area contributed by atoms with Gasteiger partial charge in [-0.1, -0.05) is 6.92 Å². The van der Waals surface area contributed by atoms with E-state index in [-0.39, 0.29) is 5.60 Å². The molecule has 5 nitrogen and oxygen atoms in total. The van der Waals surface area contributed by atoms with Crippen molar-refractivity contribution in [2.45, 2.75) is 51.6 Å². The predicted octanol–water partition coefficient (Wildman–Crippen LogP) is 2.05. The van der Waals surface area contributed by atoms with Crippen LogP contribution in [-0.2, 0) is 16.8 Å². The molecule has 0 aliphatic heterocycles. The van der Waals surface area contributed by atoms with Crippen LogP contribution in [0, 0.1) is 6.92 Å². The molecule has 0 bridgehead atoms. The van der Waals surface area contributed by atoms with Gasteiger partial charge in [0.1, 0.15) is 11.4 Å². The summed E-state index contributed by atoms with van der Waals surface area (Å²) in [4.78, 5) is 9.24. The van der Waals surface area contributed by atoms with E-state index >= 15 is 0 Å². The number of aromatic nitrogens is 2. The Morgan fingerprint density at radius 2 is 2.00 bits per heavy atom. The van der Waals surface area contributed by atoms with Crippen molar-refractivity contribution >= 4 is 5.82 Å². The average molecular weight is 250 g/mol. The summed E-state index contributed by atoms with van der Waals surface area (Å²) in [6.45, 7) is 4.08. The lowest BCUT2D eigenvalue weighted by Crippen LogP contribution is -2.29. The number of hydrogen-bond acceptors (Lipinski definition) is 5. The molecule has 1 heterocycles. The van der Waals surface area contributed by atoms with Crippen molar-refractivity contribution in [1.29, 1.82) is 0 Å². The predicted molar refractivity (Wildman–Crippen MR) is 71.1 cm³/mol. The Morgan fingerprint density at radius 3 is 2.50 bits per heavy atom. The number of aryl methyl sites for hydroxylation is 1. The van der Waals surface area contributed by atoms with Gasteiger partial charge in [0.05, 0.1) is 0 Å². The highest BCUT2D eigenvalue weighted by Gasteiger charge is 2.39. The molecule has 1 aliphatic rings. The summed E-state index contributed by atoms with van der Waals surface area (Å²) in [5.41, 5.74) is 4.41. The number of anilines is 1. The van der Waals surface area contributed by atoms with E-state index in [0.29, 0.717) is 5.82 Å². The summed E-state index contributed by atoms with van der Waals surface area (Å²) < 4.78 is 5.73. The standard InChI is InChI=1S/C13H22N4O/c1-4-10-9(2)11(17-14)16-12(15-10)13(18-3)7-5-6-8-13/h4-8,14H2,1-3H3,(H,15,16,17). The van der Waals surface area contributed by atoms with Crippen molar-refractivity contribution in [2.24, 2.45) is 5.84 Å². The van der Waals surface area contributed by atoms with Crippen LogP contribution in [0.1, 0.15) is 49.7 Å². The first-order valence-electron chi connectivity index (χ1n) is 6.56. The van der Waals surface area contributed by atoms with Crippen LogP contribution in [0.3, 0.4) is 0 Å². The van der Waals surface area contributed by atoms with E-state index in [2.05, 4.69) is 17.3 Å². The van der Waals surface area contributed by atoms with Crippen molar-refractivity contribution < 1.29 is 4.74 Å². The molecule has 1 fully saturated rings. The monoisotopic (exact) mass is 250 g/mol. The number of ether oxygens (including phenoxy) is 1. The smallest absolute Gasteiger partial charge is 0.162 e. The maximum atomic E-state index is 5.73. The molecule has 0 spiro atoms. The minimum Gasteiger partial charge on any atom is -0.370 e. The maximum Gasteiger partial charge on any atom is 0.162 e. The summed E-state index contributed by atoms with van der Waals surface area (Å²) in [6.07, 6.45) is 5.17. The highest BCUT2D eigenvalue weighted by molar-refractivity contribution is 5.45. The minimum atomic E-state index is -0.316. The summed E-state index contributed by atoms with van der Waals surface area (Å²) in [7, 11) is 1.75. The highest BCUT2D eigenvalue weighted by atomic mass is 16.5. The molecule has 0 aromatic carbocycles. The van der Waals surface area contributed by atoms with Gasteiger partial charge in [-0.3, -0.25) is 0 Å². The summed E-state index contributed by atoms with van der Waals surface area (Å²) >= 11 is 0. The molecule has 2 rings (SSSR count). The molecule has 5 heteroatoms. The first-order chi connectivity index (χ1) is 8.66. The normalized spacial score (nSPS) is 18.0. The van der Waals surface area contributed by atoms with E-state index in [0.717, 1.165) is 49.2 Å². The van der Waals surface area contributed by atoms with Gasteiger partial charge in [0.2, 0.25) is 0 Å². The van der Waals surface area contributed by atoms with Crippen LogP contribution in [0.15, 0.2) is 0 Å². The van der Waals surface area contributed by atoms with Crippen LogP contribution in [0.25, 0.3) is 0 Å². The van der Waals surface area contributed by atoms with Crippen LogP contribution < -0.4 is 11.3 Å². The highest BCUT2D eigenvalue weighted by Crippen LogP contribution is 2.40. The number of nitrogens with one attached hydrogen (secondary N) is 1. The van der Waals surface area contributed by atoms with Gasteiger partial charge in [-0.05, 0) is 39.0 Å². The Hall–Kier alpha value is -1.20. The molecule has 18 heavy (non-hydrogen) atoms. The van der Waals surface area contributed by atoms with Gasteiger partial charge in [0, 0.05) is 18.4 Å². The number of hydrazine groups is 1. The summed E-state index contributed by atoms with van der Waals surface area (Å²) in [6, 6.07) is 0. The van der Waals surface area contributed by atoms with Gasteiger partial charge in [0.25, 0.3) is 0 Å². The average Bonchev–Trinajstić information content (AvgIpc) is 2.89. The minimum absolute atomic E-state index is 0.316. The lowest BCUT2D eigenvalue weighted by atomic mass is 10.0. The molecule has 0 saturated heterocycles. The van der Waals surface area contributed by atoms with E-state index in [4.69, 9.17) is 15.6 Å². The molecule has 3 N–H and O–H groups in total. The number of rotatable bonds is 4. The molecule has 1 aromatic heterocycles. The first kappa shape index (κ1) is 13.2. The third-order valence-corrected chi connectivity index (χ3v) is 3.93. The number of nitrogens with two attached hydrogens (primary N) is 1. The van der Waals surface area contributed by atoms with Gasteiger partial charge >= 0.3 is 0 Å². The fourth-order valence-corrected chi connectivity index (χ4v) is 2.72. The lowest BCUT2D eigenvalue weighted by Gasteiger charge is -2.27. The molecule has 0 radical (unpaired) electrons. The van der Waals surface area contributed by atoms with E-state index in [1.165, 1.54) is 0 Å². The SMILES string of the molecule is CCc1nc(C2(OC)CCCC2)nc(NN)c1C. The fourth-order valence-electron chi connectivity index (χ4n) is 2.72. The fraction of sp³-hybridized carbons (Fsp3) is 0.692. The van der Waals surface area contributed by atoms with Crippen LogP contribution in [0.4, 0.5) is 5.82 Å². The molecule has 100 valence electrons. The van der Waals surface area contributed by atoms with Crippen molar-refractivity contribution in [1.82, 2.24) is 9.97 Å². The molecule has 0 atom stereocenters. The Morgan fingerprint density at radius 1 is 1.33 bits per heavy atom. The number of hydrogen-bond donors (Lipinski definition) is 2. The molecular formula is C13H22N4O. The zero-order valence-electron chi connectivity index (χ0n) is 11.4. The Balaban J connectivity index is 2.50. The van der Waals surface area contributed by atoms with Crippen LogP contribution in [0.2, 0.25) is 0 Å². The largest absolute Gasteiger partial charge is 0.370 e. The van der Waals surface area contributed by atoms with E-state index in [1.807, 2.05) is 6.92 Å². The Bertz CT molecular complexity index is 402. The zero-order valence-corrected chi connectivity index (χ0v) is 11.4. The van der Waals surface area contributed by atoms with Gasteiger partial charge < -0.3 is 10.2 Å². The molecule has 1 aliphatic carbocycles. The third-order valence-electron chi connectivity index (χ3n) is 3.93. The number of nitrogen functional groups attached to an aromatic ring is 1. The van der Waals surface area contributed by atoms with Crippen LogP contribution in [-0.4, -0.2) is 17.1 Å². The Labute approximate surface area is 108 Å². The zero-order chi connectivity index (χ0) is 13.2. The number of methoxy groups -OCH3 is 1. The second kappa shape index (κ2) is 5.20. The molecule has 0 unspecified atom stereocenters. The summed E-state index contributed by atoms with van der Waals surface area (Å²) in [5.74, 6) is 7.03. The molecule has 1 saturated carbocycles. The van der Waals surface area contributed by atoms with Crippen molar-refractivity contribution in [3.05, 3.63) is 17.1 Å². The van der Waals surface area contributed by atoms with Crippen LogP contribution >= 0.6 is 0 Å². The van der Waals surface area contributed by atoms with Crippen molar-refractivity contribution in [3.63, 3.8) is 0 Å². The maximum absolute atomic E-state index is 5.73.